The summed E-state index contributed by atoms with van der Waals surface area (Å²) in [5.74, 6) is -3.71. The van der Waals surface area contributed by atoms with Gasteiger partial charge in [0, 0.05) is 63.9 Å². The molecule has 0 aliphatic carbocycles. The number of benzene rings is 1. The van der Waals surface area contributed by atoms with Crippen LogP contribution in [0.4, 0.5) is 0 Å². The molecule has 2 N–H and O–H groups in total. The Morgan fingerprint density at radius 2 is 1.80 bits per heavy atom. The molecular formula is C35H45BrN4O9. The molecule has 0 radical (unpaired) electrons. The fourth-order valence-electron chi connectivity index (χ4n) is 7.72. The maximum absolute atomic E-state index is 14.8. The number of allylic oxidation sites excluding steroid dienone is 1. The number of carbonyl (C=O) groups is 4. The first kappa shape index (κ1) is 35.7. The van der Waals surface area contributed by atoms with Crippen molar-refractivity contribution in [1.29, 1.82) is 0 Å². The molecule has 3 fully saturated rings. The third-order valence-electron chi connectivity index (χ3n) is 10.1. The summed E-state index contributed by atoms with van der Waals surface area (Å²) in [5, 5.41) is 12.8. The Morgan fingerprint density at radius 1 is 1.02 bits per heavy atom. The summed E-state index contributed by atoms with van der Waals surface area (Å²) in [6.07, 6.45) is 4.61. The van der Waals surface area contributed by atoms with Crippen LogP contribution in [-0.2, 0) is 38.1 Å². The van der Waals surface area contributed by atoms with E-state index in [1.807, 2.05) is 42.5 Å². The summed E-state index contributed by atoms with van der Waals surface area (Å²) in [5.41, 5.74) is -0.774. The Hall–Kier alpha value is -3.14. The summed E-state index contributed by atoms with van der Waals surface area (Å²) in [6.45, 7) is 4.01. The highest BCUT2D eigenvalue weighted by atomic mass is 79.9. The molecule has 49 heavy (non-hydrogen) atoms. The zero-order valence-corrected chi connectivity index (χ0v) is 29.3. The van der Waals surface area contributed by atoms with Crippen molar-refractivity contribution in [3.8, 4) is 0 Å². The smallest absolute Gasteiger partial charge is 0.313 e. The van der Waals surface area contributed by atoms with Gasteiger partial charge < -0.3 is 39.2 Å². The van der Waals surface area contributed by atoms with Gasteiger partial charge in [0.25, 0.3) is 0 Å². The molecule has 5 heterocycles. The Balaban J connectivity index is 1.40. The largest absolute Gasteiger partial charge is 0.455 e. The van der Waals surface area contributed by atoms with Crippen LogP contribution in [0, 0.1) is 11.8 Å². The molecular weight excluding hydrogens is 700 g/mol. The molecule has 5 bridgehead atoms. The molecule has 1 aromatic rings. The van der Waals surface area contributed by atoms with E-state index in [0.717, 1.165) is 13.1 Å². The molecule has 14 heteroatoms. The summed E-state index contributed by atoms with van der Waals surface area (Å²) in [7, 11) is 1.51. The molecule has 0 saturated carbocycles. The number of likely N-dealkylation sites (tertiary alicyclic amines) is 1. The number of aliphatic hydroxyl groups excluding tert-OH is 1. The normalized spacial score (nSPS) is 33.3. The molecule has 13 nitrogen and oxygen atoms in total. The molecule has 6 rings (SSSR count). The van der Waals surface area contributed by atoms with E-state index >= 15 is 0 Å². The monoisotopic (exact) mass is 744 g/mol. The van der Waals surface area contributed by atoms with Crippen LogP contribution >= 0.6 is 15.9 Å². The fraction of sp³-hybridized carbons (Fsp3) is 0.600. The number of nitrogens with zero attached hydrogens (tertiary/aromatic N) is 3. The maximum Gasteiger partial charge on any atom is 0.313 e. The second-order valence-corrected chi connectivity index (χ2v) is 14.0. The number of aliphatic hydroxyl groups is 1. The summed E-state index contributed by atoms with van der Waals surface area (Å²) in [4.78, 5) is 62.2. The van der Waals surface area contributed by atoms with Gasteiger partial charge in [-0.25, -0.2) is 0 Å². The van der Waals surface area contributed by atoms with Crippen molar-refractivity contribution in [2.75, 3.05) is 72.8 Å². The quantitative estimate of drug-likeness (QED) is 0.279. The number of methoxy groups -OCH3 is 1. The molecule has 266 valence electrons. The number of carbonyl (C=O) groups excluding carboxylic acids is 4. The Labute approximate surface area is 294 Å². The molecule has 0 unspecified atom stereocenters. The number of amides is 3. The fourth-order valence-corrected chi connectivity index (χ4v) is 8.46. The van der Waals surface area contributed by atoms with Gasteiger partial charge in [-0.2, -0.15) is 0 Å². The number of hydrogen-bond acceptors (Lipinski definition) is 10. The second kappa shape index (κ2) is 15.8. The number of fused-ring (bicyclic) bond motifs is 2. The van der Waals surface area contributed by atoms with Gasteiger partial charge in [-0.3, -0.25) is 24.1 Å². The predicted octanol–water partition coefficient (Wildman–Crippen LogP) is 1.17. The van der Waals surface area contributed by atoms with Crippen LogP contribution in [0.5, 0.6) is 0 Å². The number of halogens is 1. The van der Waals surface area contributed by atoms with E-state index in [1.165, 1.54) is 12.0 Å². The molecule has 5 aliphatic rings. The van der Waals surface area contributed by atoms with Crippen molar-refractivity contribution in [3.63, 3.8) is 0 Å². The summed E-state index contributed by atoms with van der Waals surface area (Å²) < 4.78 is 24.4. The van der Waals surface area contributed by atoms with Gasteiger partial charge in [0.15, 0.2) is 0 Å². The van der Waals surface area contributed by atoms with Crippen molar-refractivity contribution in [2.45, 2.75) is 49.2 Å². The van der Waals surface area contributed by atoms with E-state index in [-0.39, 0.29) is 51.0 Å². The molecule has 1 aromatic carbocycles. The van der Waals surface area contributed by atoms with Gasteiger partial charge in [-0.05, 0) is 24.5 Å². The van der Waals surface area contributed by atoms with E-state index in [4.69, 9.17) is 18.9 Å². The van der Waals surface area contributed by atoms with Crippen molar-refractivity contribution in [2.24, 2.45) is 11.8 Å². The van der Waals surface area contributed by atoms with Crippen molar-refractivity contribution in [3.05, 3.63) is 58.6 Å². The van der Waals surface area contributed by atoms with E-state index in [1.54, 1.807) is 11.0 Å². The Bertz CT molecular complexity index is 1440. The van der Waals surface area contributed by atoms with Crippen LogP contribution in [-0.4, -0.2) is 140 Å². The lowest BCUT2D eigenvalue weighted by atomic mass is 9.74. The standard InChI is InChI=1S/C35H45BrN4O9/c1-46-22-25-29(23-9-4-2-5-10-23)48-34(45)27-28-32(43)40(13-8-18-41)31(35(28)21-24(36)30(27)49-35)33(44)39(12-7-3-6-11-26(42)37-25)15-14-38-16-19-47-20-17-38/h2-5,7,9-10,21,25,27-31,41H,6,8,11-20,22H2,1H3,(H,37,42)/b7-3-/t25-,27+,28-,29-,30+,31+,35-/m1/s1. The number of rotatable bonds is 9. The van der Waals surface area contributed by atoms with Crippen molar-refractivity contribution < 1.29 is 43.2 Å². The number of ether oxygens (including phenoxy) is 4. The van der Waals surface area contributed by atoms with Crippen molar-refractivity contribution in [1.82, 2.24) is 20.0 Å². The average molecular weight is 746 g/mol. The van der Waals surface area contributed by atoms with Gasteiger partial charge in [-0.1, -0.05) is 58.4 Å². The van der Waals surface area contributed by atoms with Gasteiger partial charge in [0.2, 0.25) is 17.7 Å². The van der Waals surface area contributed by atoms with Crippen molar-refractivity contribution >= 4 is 39.6 Å². The second-order valence-electron chi connectivity index (χ2n) is 13.1. The highest BCUT2D eigenvalue weighted by Gasteiger charge is 2.75. The van der Waals surface area contributed by atoms with Crippen LogP contribution in [0.3, 0.4) is 0 Å². The van der Waals surface area contributed by atoms with Gasteiger partial charge in [-0.15, -0.1) is 0 Å². The van der Waals surface area contributed by atoms with Crippen LogP contribution in [0.15, 0.2) is 53.0 Å². The van der Waals surface area contributed by atoms with Crippen LogP contribution < -0.4 is 5.32 Å². The third-order valence-corrected chi connectivity index (χ3v) is 10.7. The van der Waals surface area contributed by atoms with Gasteiger partial charge >= 0.3 is 5.97 Å². The van der Waals surface area contributed by atoms with Crippen LogP contribution in [0.1, 0.15) is 30.9 Å². The highest BCUT2D eigenvalue weighted by molar-refractivity contribution is 9.11. The molecule has 0 aromatic heterocycles. The summed E-state index contributed by atoms with van der Waals surface area (Å²) in [6, 6.07) is 7.31. The first-order valence-corrected chi connectivity index (χ1v) is 17.8. The lowest BCUT2D eigenvalue weighted by Gasteiger charge is -2.37. The molecule has 1 spiro atoms. The summed E-state index contributed by atoms with van der Waals surface area (Å²) >= 11 is 3.60. The topological polar surface area (TPSA) is 147 Å². The Kier molecular flexibility index (Phi) is 11.5. The number of hydrogen-bond donors (Lipinski definition) is 2. The van der Waals surface area contributed by atoms with E-state index in [2.05, 4.69) is 26.1 Å². The minimum absolute atomic E-state index is 0.0680. The van der Waals surface area contributed by atoms with E-state index < -0.39 is 53.6 Å². The molecule has 5 aliphatic heterocycles. The van der Waals surface area contributed by atoms with Gasteiger partial charge in [0.1, 0.15) is 29.8 Å². The zero-order valence-electron chi connectivity index (χ0n) is 27.7. The third kappa shape index (κ3) is 7.22. The number of esters is 1. The lowest BCUT2D eigenvalue weighted by Crippen LogP contribution is -2.57. The van der Waals surface area contributed by atoms with Crippen LogP contribution in [0.2, 0.25) is 0 Å². The first-order valence-electron chi connectivity index (χ1n) is 17.0. The van der Waals surface area contributed by atoms with Gasteiger partial charge in [0.05, 0.1) is 31.8 Å². The van der Waals surface area contributed by atoms with E-state index in [0.29, 0.717) is 42.8 Å². The highest BCUT2D eigenvalue weighted by Crippen LogP contribution is 2.59. The minimum Gasteiger partial charge on any atom is -0.455 e. The molecule has 3 amide bonds. The number of cyclic esters (lactones) is 1. The van der Waals surface area contributed by atoms with Crippen LogP contribution in [0.25, 0.3) is 0 Å². The lowest BCUT2D eigenvalue weighted by molar-refractivity contribution is -0.162. The predicted molar refractivity (Wildman–Crippen MR) is 180 cm³/mol. The average Bonchev–Trinajstić information content (AvgIpc) is 3.70. The molecule has 7 atom stereocenters. The number of morpholine rings is 1. The maximum atomic E-state index is 14.8. The van der Waals surface area contributed by atoms with E-state index in [9.17, 15) is 24.3 Å². The minimum atomic E-state index is -1.42. The first-order chi connectivity index (χ1) is 23.8. The Morgan fingerprint density at radius 3 is 2.53 bits per heavy atom. The number of nitrogens with one attached hydrogen (secondary N) is 1. The SMILES string of the molecule is COC[C@H]1NC(=O)CC/C=C\CN(CCN2CCOCC2)C(=O)[C@@H]2N(CCCO)C(=O)[C@H]3[C@H](C(=O)O[C@@H]1c1ccccc1)[C@H]1O[C@@]23C=C1Br. The zero-order chi connectivity index (χ0) is 34.5. The molecule has 3 saturated heterocycles.